The third-order valence-electron chi connectivity index (χ3n) is 5.28. The Balaban J connectivity index is 0.00000243. The molecule has 0 atom stereocenters. The molecule has 146 valence electrons. The van der Waals surface area contributed by atoms with Crippen molar-refractivity contribution in [1.82, 2.24) is 10.6 Å². The van der Waals surface area contributed by atoms with Crippen LogP contribution >= 0.6 is 24.0 Å². The molecular formula is C19H30IN3O2S. The summed E-state index contributed by atoms with van der Waals surface area (Å²) in [7, 11) is -1.38. The maximum Gasteiger partial charge on any atom is 0.191 e. The topological polar surface area (TPSA) is 70.6 Å². The summed E-state index contributed by atoms with van der Waals surface area (Å²) in [4.78, 5) is 4.71. The van der Waals surface area contributed by atoms with Crippen molar-refractivity contribution in [2.24, 2.45) is 22.7 Å². The molecule has 7 heteroatoms. The van der Waals surface area contributed by atoms with Gasteiger partial charge in [0.1, 0.15) is 0 Å². The fraction of sp³-hybridized carbons (Fsp3) is 0.632. The van der Waals surface area contributed by atoms with Crippen LogP contribution in [0.1, 0.15) is 36.8 Å². The summed E-state index contributed by atoms with van der Waals surface area (Å²) in [5, 5.41) is 6.81. The second-order valence-electron chi connectivity index (χ2n) is 7.52. The van der Waals surface area contributed by atoms with E-state index in [1.54, 1.807) is 13.1 Å². The fourth-order valence-electron chi connectivity index (χ4n) is 3.63. The molecule has 1 aromatic rings. The quantitative estimate of drug-likeness (QED) is 0.350. The highest BCUT2D eigenvalue weighted by atomic mass is 127. The monoisotopic (exact) mass is 491 g/mol. The van der Waals surface area contributed by atoms with Crippen molar-refractivity contribution in [2.45, 2.75) is 44.0 Å². The van der Waals surface area contributed by atoms with Gasteiger partial charge in [-0.25, -0.2) is 8.42 Å². The summed E-state index contributed by atoms with van der Waals surface area (Å²) in [6.45, 7) is 3.46. The maximum absolute atomic E-state index is 11.7. The molecule has 2 aliphatic carbocycles. The molecule has 0 bridgehead atoms. The number of nitrogens with one attached hydrogen (secondary N) is 2. The number of aliphatic imine (C=N–C) groups is 1. The van der Waals surface area contributed by atoms with Gasteiger partial charge in [-0.05, 0) is 67.6 Å². The van der Waals surface area contributed by atoms with E-state index >= 15 is 0 Å². The number of benzene rings is 1. The lowest BCUT2D eigenvalue weighted by Crippen LogP contribution is -2.40. The minimum Gasteiger partial charge on any atom is -0.356 e. The summed E-state index contributed by atoms with van der Waals surface area (Å²) in [5.74, 6) is 3.46. The van der Waals surface area contributed by atoms with Crippen molar-refractivity contribution in [3.63, 3.8) is 0 Å². The molecule has 2 N–H and O–H groups in total. The first-order chi connectivity index (χ1) is 11.9. The minimum absolute atomic E-state index is 0. The van der Waals surface area contributed by atoms with E-state index in [0.717, 1.165) is 41.4 Å². The predicted molar refractivity (Wildman–Crippen MR) is 117 cm³/mol. The third-order valence-corrected chi connectivity index (χ3v) is 6.54. The highest BCUT2D eigenvalue weighted by molar-refractivity contribution is 14.0. The normalized spacial score (nSPS) is 17.8. The Hall–Kier alpha value is -0.830. The number of aryl methyl sites for hydroxylation is 1. The van der Waals surface area contributed by atoms with Gasteiger partial charge in [0.05, 0.1) is 4.90 Å². The van der Waals surface area contributed by atoms with Crippen LogP contribution in [0, 0.1) is 24.7 Å². The second-order valence-corrected chi connectivity index (χ2v) is 9.50. The predicted octanol–water partition coefficient (Wildman–Crippen LogP) is 3.12. The molecule has 2 fully saturated rings. The Bertz CT molecular complexity index is 744. The summed E-state index contributed by atoms with van der Waals surface area (Å²) in [6.07, 6.45) is 6.80. The Labute approximate surface area is 174 Å². The van der Waals surface area contributed by atoms with Gasteiger partial charge in [0.15, 0.2) is 15.8 Å². The fourth-order valence-corrected chi connectivity index (χ4v) is 4.58. The standard InChI is InChI=1S/C19H29N3O2S.HI/c1-13-10-14(4-9-18(13)25(3,23)24)11-21-19(20-2)22-12-17(15-5-6-15)16-7-8-16;/h4,9-10,15-17H,5-8,11-12H2,1-3H3,(H2,20,21,22);1H. The van der Waals surface area contributed by atoms with Gasteiger partial charge in [-0.3, -0.25) is 4.99 Å². The van der Waals surface area contributed by atoms with Crippen LogP contribution in [0.2, 0.25) is 0 Å². The number of hydrogen-bond acceptors (Lipinski definition) is 3. The highest BCUT2D eigenvalue weighted by Gasteiger charge is 2.41. The molecule has 0 aliphatic heterocycles. The van der Waals surface area contributed by atoms with Crippen molar-refractivity contribution in [2.75, 3.05) is 19.8 Å². The second kappa shape index (κ2) is 8.91. The van der Waals surface area contributed by atoms with Gasteiger partial charge in [-0.15, -0.1) is 24.0 Å². The Morgan fingerprint density at radius 3 is 2.27 bits per heavy atom. The minimum atomic E-state index is -3.17. The molecule has 0 amide bonds. The lowest BCUT2D eigenvalue weighted by molar-refractivity contribution is 0.400. The number of halogens is 1. The zero-order valence-corrected chi connectivity index (χ0v) is 18.9. The van der Waals surface area contributed by atoms with Crippen LogP contribution in [0.3, 0.4) is 0 Å². The molecule has 26 heavy (non-hydrogen) atoms. The van der Waals surface area contributed by atoms with Crippen molar-refractivity contribution >= 4 is 39.8 Å². The summed E-state index contributed by atoms with van der Waals surface area (Å²) < 4.78 is 23.4. The van der Waals surface area contributed by atoms with Gasteiger partial charge < -0.3 is 10.6 Å². The lowest BCUT2D eigenvalue weighted by atomic mass is 9.98. The van der Waals surface area contributed by atoms with Crippen molar-refractivity contribution in [1.29, 1.82) is 0 Å². The van der Waals surface area contributed by atoms with Crippen molar-refractivity contribution in [3.8, 4) is 0 Å². The lowest BCUT2D eigenvalue weighted by Gasteiger charge is -2.19. The van der Waals surface area contributed by atoms with E-state index in [0.29, 0.717) is 11.4 Å². The smallest absolute Gasteiger partial charge is 0.191 e. The van der Waals surface area contributed by atoms with E-state index in [4.69, 9.17) is 0 Å². The molecule has 1 aromatic carbocycles. The van der Waals surface area contributed by atoms with Gasteiger partial charge in [-0.1, -0.05) is 12.1 Å². The molecule has 5 nitrogen and oxygen atoms in total. The molecule has 0 saturated heterocycles. The van der Waals surface area contributed by atoms with Gasteiger partial charge in [0, 0.05) is 26.4 Å². The van der Waals surface area contributed by atoms with Crippen LogP contribution in [0.4, 0.5) is 0 Å². The van der Waals surface area contributed by atoms with Crippen LogP contribution in [0.5, 0.6) is 0 Å². The van der Waals surface area contributed by atoms with Crippen LogP contribution < -0.4 is 10.6 Å². The SMILES string of the molecule is CN=C(NCc1ccc(S(C)(=O)=O)c(C)c1)NCC(C1CC1)C1CC1.I. The van der Waals surface area contributed by atoms with E-state index in [-0.39, 0.29) is 24.0 Å². The first-order valence-corrected chi connectivity index (χ1v) is 11.0. The van der Waals surface area contributed by atoms with Crippen LogP contribution in [-0.2, 0) is 16.4 Å². The molecule has 0 unspecified atom stereocenters. The number of rotatable bonds is 7. The van der Waals surface area contributed by atoms with Gasteiger partial charge in [0.25, 0.3) is 0 Å². The summed E-state index contributed by atoms with van der Waals surface area (Å²) >= 11 is 0. The average Bonchev–Trinajstić information content (AvgIpc) is 3.43. The highest BCUT2D eigenvalue weighted by Crippen LogP contribution is 2.48. The largest absolute Gasteiger partial charge is 0.356 e. The third kappa shape index (κ3) is 5.84. The van der Waals surface area contributed by atoms with Gasteiger partial charge in [-0.2, -0.15) is 0 Å². The Morgan fingerprint density at radius 1 is 1.19 bits per heavy atom. The molecule has 0 spiro atoms. The molecule has 3 rings (SSSR count). The van der Waals surface area contributed by atoms with E-state index in [9.17, 15) is 8.42 Å². The van der Waals surface area contributed by atoms with Crippen molar-refractivity contribution in [3.05, 3.63) is 29.3 Å². The molecule has 2 saturated carbocycles. The summed E-state index contributed by atoms with van der Waals surface area (Å²) in [6, 6.07) is 5.48. The Kier molecular flexibility index (Phi) is 7.35. The van der Waals surface area contributed by atoms with E-state index in [2.05, 4.69) is 15.6 Å². The van der Waals surface area contributed by atoms with Gasteiger partial charge in [0.2, 0.25) is 0 Å². The first-order valence-electron chi connectivity index (χ1n) is 9.12. The van der Waals surface area contributed by atoms with Crippen LogP contribution in [-0.4, -0.2) is 34.2 Å². The molecular weight excluding hydrogens is 461 g/mol. The molecule has 0 aromatic heterocycles. The maximum atomic E-state index is 11.7. The summed E-state index contributed by atoms with van der Waals surface area (Å²) in [5.41, 5.74) is 1.83. The molecule has 0 radical (unpaired) electrons. The van der Waals surface area contributed by atoms with E-state index < -0.39 is 9.84 Å². The number of guanidine groups is 1. The molecule has 0 heterocycles. The number of hydrogen-bond donors (Lipinski definition) is 2. The Morgan fingerprint density at radius 2 is 1.81 bits per heavy atom. The zero-order valence-electron chi connectivity index (χ0n) is 15.8. The van der Waals surface area contributed by atoms with Crippen LogP contribution in [0.25, 0.3) is 0 Å². The van der Waals surface area contributed by atoms with Gasteiger partial charge >= 0.3 is 0 Å². The van der Waals surface area contributed by atoms with E-state index in [1.165, 1.54) is 31.9 Å². The number of sulfone groups is 1. The first kappa shape index (κ1) is 21.5. The average molecular weight is 491 g/mol. The number of nitrogens with zero attached hydrogens (tertiary/aromatic N) is 1. The zero-order chi connectivity index (χ0) is 18.0. The van der Waals surface area contributed by atoms with Crippen LogP contribution in [0.15, 0.2) is 28.1 Å². The molecule has 2 aliphatic rings. The van der Waals surface area contributed by atoms with Crippen molar-refractivity contribution < 1.29 is 8.42 Å². The van der Waals surface area contributed by atoms with E-state index in [1.807, 2.05) is 19.1 Å².